The van der Waals surface area contributed by atoms with Crippen LogP contribution in [-0.2, 0) is 11.3 Å². The summed E-state index contributed by atoms with van der Waals surface area (Å²) in [6.45, 7) is 5.88. The molecule has 0 fully saturated rings. The fourth-order valence-corrected chi connectivity index (χ4v) is 1.45. The Hall–Kier alpha value is -2.11. The Kier molecular flexibility index (Phi) is 3.18. The summed E-state index contributed by atoms with van der Waals surface area (Å²) in [4.78, 5) is 15.5. The van der Waals surface area contributed by atoms with Gasteiger partial charge in [0.2, 0.25) is 0 Å². The van der Waals surface area contributed by atoms with Crippen molar-refractivity contribution >= 4 is 11.7 Å². The van der Waals surface area contributed by atoms with E-state index in [4.69, 9.17) is 4.74 Å². The van der Waals surface area contributed by atoms with Crippen LogP contribution in [0.3, 0.4) is 0 Å². The van der Waals surface area contributed by atoms with Gasteiger partial charge in [-0.3, -0.25) is 0 Å². The zero-order chi connectivity index (χ0) is 13.2. The molecule has 2 aromatic rings. The summed E-state index contributed by atoms with van der Waals surface area (Å²) in [6.07, 6.45) is 2.88. The second-order valence-electron chi connectivity index (χ2n) is 4.96. The maximum Gasteiger partial charge on any atom is 0.407 e. The van der Waals surface area contributed by atoms with Crippen LogP contribution in [0.1, 0.15) is 26.3 Å². The molecule has 0 bridgehead atoms. The second kappa shape index (κ2) is 4.64. The average Bonchev–Trinajstić information content (AvgIpc) is 2.71. The summed E-state index contributed by atoms with van der Waals surface area (Å²) < 4.78 is 6.81. The molecule has 18 heavy (non-hydrogen) atoms. The summed E-state index contributed by atoms with van der Waals surface area (Å²) in [7, 11) is 0. The first-order valence-corrected chi connectivity index (χ1v) is 5.69. The molecule has 2 aromatic heterocycles. The van der Waals surface area contributed by atoms with E-state index in [9.17, 15) is 4.79 Å². The molecule has 0 aliphatic carbocycles. The number of hydrogen-bond donors (Lipinski definition) is 1. The van der Waals surface area contributed by atoms with Crippen LogP contribution < -0.4 is 5.32 Å². The molecule has 1 amide bonds. The third-order valence-corrected chi connectivity index (χ3v) is 2.17. The van der Waals surface area contributed by atoms with Crippen molar-refractivity contribution in [1.82, 2.24) is 19.9 Å². The van der Waals surface area contributed by atoms with E-state index < -0.39 is 11.7 Å². The standard InChI is InChI=1S/C12H16N4O2/c1-12(2,3)18-11(17)13-6-9-4-5-10-14-8-15-16(10)7-9/h4-5,7-8H,6H2,1-3H3,(H,13,17). The first-order valence-electron chi connectivity index (χ1n) is 5.69. The number of nitrogens with one attached hydrogen (secondary N) is 1. The molecule has 0 spiro atoms. The summed E-state index contributed by atoms with van der Waals surface area (Å²) in [5.41, 5.74) is 1.22. The van der Waals surface area contributed by atoms with Gasteiger partial charge in [-0.05, 0) is 32.4 Å². The Morgan fingerprint density at radius 2 is 2.22 bits per heavy atom. The lowest BCUT2D eigenvalue weighted by Crippen LogP contribution is -2.32. The van der Waals surface area contributed by atoms with Gasteiger partial charge >= 0.3 is 6.09 Å². The molecule has 0 aromatic carbocycles. The van der Waals surface area contributed by atoms with Gasteiger partial charge in [0, 0.05) is 12.7 Å². The van der Waals surface area contributed by atoms with E-state index in [0.29, 0.717) is 6.54 Å². The van der Waals surface area contributed by atoms with E-state index in [1.807, 2.05) is 39.1 Å². The summed E-state index contributed by atoms with van der Waals surface area (Å²) in [6, 6.07) is 3.74. The number of carbonyl (C=O) groups excluding carboxylic acids is 1. The van der Waals surface area contributed by atoms with Gasteiger partial charge in [-0.25, -0.2) is 14.3 Å². The number of ether oxygens (including phenoxy) is 1. The first-order chi connectivity index (χ1) is 8.44. The monoisotopic (exact) mass is 248 g/mol. The molecule has 96 valence electrons. The van der Waals surface area contributed by atoms with Gasteiger partial charge in [0.15, 0.2) is 5.65 Å². The van der Waals surface area contributed by atoms with Gasteiger partial charge in [-0.1, -0.05) is 6.07 Å². The molecule has 0 saturated carbocycles. The third kappa shape index (κ3) is 3.19. The predicted molar refractivity (Wildman–Crippen MR) is 66.1 cm³/mol. The molecule has 0 radical (unpaired) electrons. The maximum absolute atomic E-state index is 11.5. The quantitative estimate of drug-likeness (QED) is 0.879. The van der Waals surface area contributed by atoms with E-state index in [1.165, 1.54) is 6.33 Å². The highest BCUT2D eigenvalue weighted by molar-refractivity contribution is 5.67. The molecule has 0 aliphatic rings. The molecule has 0 aliphatic heterocycles. The molecule has 0 saturated heterocycles. The number of alkyl carbamates (subject to hydrolysis) is 1. The van der Waals surface area contributed by atoms with Gasteiger partial charge in [-0.2, -0.15) is 5.10 Å². The van der Waals surface area contributed by atoms with Gasteiger partial charge in [-0.15, -0.1) is 0 Å². The summed E-state index contributed by atoms with van der Waals surface area (Å²) in [5.74, 6) is 0. The Morgan fingerprint density at radius 3 is 2.94 bits per heavy atom. The molecule has 6 nitrogen and oxygen atoms in total. The van der Waals surface area contributed by atoms with E-state index in [1.54, 1.807) is 4.52 Å². The highest BCUT2D eigenvalue weighted by Crippen LogP contribution is 2.07. The van der Waals surface area contributed by atoms with Crippen molar-refractivity contribution in [3.63, 3.8) is 0 Å². The Morgan fingerprint density at radius 1 is 1.44 bits per heavy atom. The van der Waals surface area contributed by atoms with Crippen molar-refractivity contribution in [2.75, 3.05) is 0 Å². The van der Waals surface area contributed by atoms with Crippen molar-refractivity contribution in [2.45, 2.75) is 32.9 Å². The van der Waals surface area contributed by atoms with Crippen LogP contribution in [0.25, 0.3) is 5.65 Å². The minimum absolute atomic E-state index is 0.394. The highest BCUT2D eigenvalue weighted by Gasteiger charge is 2.15. The van der Waals surface area contributed by atoms with Crippen molar-refractivity contribution in [3.05, 3.63) is 30.2 Å². The van der Waals surface area contributed by atoms with Crippen molar-refractivity contribution in [2.24, 2.45) is 0 Å². The Balaban J connectivity index is 1.95. The van der Waals surface area contributed by atoms with E-state index in [2.05, 4.69) is 15.4 Å². The fraction of sp³-hybridized carbons (Fsp3) is 0.417. The second-order valence-corrected chi connectivity index (χ2v) is 4.96. The molecule has 0 unspecified atom stereocenters. The number of fused-ring (bicyclic) bond motifs is 1. The number of pyridine rings is 1. The molecule has 2 rings (SSSR count). The van der Waals surface area contributed by atoms with Crippen LogP contribution in [0.4, 0.5) is 4.79 Å². The molecule has 0 atom stereocenters. The lowest BCUT2D eigenvalue weighted by Gasteiger charge is -2.19. The molecule has 1 N–H and O–H groups in total. The minimum atomic E-state index is -0.486. The van der Waals surface area contributed by atoms with Crippen molar-refractivity contribution < 1.29 is 9.53 Å². The van der Waals surface area contributed by atoms with Crippen LogP contribution in [0.2, 0.25) is 0 Å². The summed E-state index contributed by atoms with van der Waals surface area (Å²) >= 11 is 0. The van der Waals surface area contributed by atoms with Gasteiger partial charge < -0.3 is 10.1 Å². The maximum atomic E-state index is 11.5. The largest absolute Gasteiger partial charge is 0.444 e. The van der Waals surface area contributed by atoms with Gasteiger partial charge in [0.1, 0.15) is 11.9 Å². The zero-order valence-corrected chi connectivity index (χ0v) is 10.7. The van der Waals surface area contributed by atoms with E-state index in [-0.39, 0.29) is 0 Å². The average molecular weight is 248 g/mol. The molecular formula is C12H16N4O2. The predicted octanol–water partition coefficient (Wildman–Crippen LogP) is 1.75. The number of rotatable bonds is 2. The number of nitrogens with zero attached hydrogens (tertiary/aromatic N) is 3. The zero-order valence-electron chi connectivity index (χ0n) is 10.7. The van der Waals surface area contributed by atoms with Crippen LogP contribution in [0.15, 0.2) is 24.7 Å². The summed E-state index contributed by atoms with van der Waals surface area (Å²) in [5, 5.41) is 6.72. The Bertz CT molecular complexity index is 556. The minimum Gasteiger partial charge on any atom is -0.444 e. The number of amides is 1. The SMILES string of the molecule is CC(C)(C)OC(=O)NCc1ccc2ncnn2c1. The molecule has 2 heterocycles. The first kappa shape index (κ1) is 12.3. The fourth-order valence-electron chi connectivity index (χ4n) is 1.45. The van der Waals surface area contributed by atoms with E-state index >= 15 is 0 Å². The number of hydrogen-bond acceptors (Lipinski definition) is 4. The lowest BCUT2D eigenvalue weighted by molar-refractivity contribution is 0.0523. The van der Waals surface area contributed by atoms with Crippen LogP contribution in [0.5, 0.6) is 0 Å². The van der Waals surface area contributed by atoms with E-state index in [0.717, 1.165) is 11.2 Å². The van der Waals surface area contributed by atoms with Crippen molar-refractivity contribution in [1.29, 1.82) is 0 Å². The van der Waals surface area contributed by atoms with Gasteiger partial charge in [0.05, 0.1) is 0 Å². The highest BCUT2D eigenvalue weighted by atomic mass is 16.6. The lowest BCUT2D eigenvalue weighted by atomic mass is 10.2. The van der Waals surface area contributed by atoms with Crippen LogP contribution >= 0.6 is 0 Å². The number of carbonyl (C=O) groups is 1. The molecule has 6 heteroatoms. The van der Waals surface area contributed by atoms with Gasteiger partial charge in [0.25, 0.3) is 0 Å². The smallest absolute Gasteiger partial charge is 0.407 e. The molecular weight excluding hydrogens is 232 g/mol. The van der Waals surface area contributed by atoms with Crippen LogP contribution in [0, 0.1) is 0 Å². The third-order valence-electron chi connectivity index (χ3n) is 2.17. The van der Waals surface area contributed by atoms with Crippen molar-refractivity contribution in [3.8, 4) is 0 Å². The normalized spacial score (nSPS) is 11.5. The number of aromatic nitrogens is 3. The Labute approximate surface area is 105 Å². The topological polar surface area (TPSA) is 68.5 Å². The van der Waals surface area contributed by atoms with Crippen LogP contribution in [-0.4, -0.2) is 26.3 Å².